The number of nitrogens with zero attached hydrogens (tertiary/aromatic N) is 3. The number of rotatable bonds is 2. The molecule has 32 heavy (non-hydrogen) atoms. The zero-order chi connectivity index (χ0) is 22.0. The second kappa shape index (κ2) is 7.50. The fraction of sp³-hybridized carbons (Fsp3) is 0.500. The van der Waals surface area contributed by atoms with Crippen molar-refractivity contribution < 1.29 is 18.9 Å². The lowest BCUT2D eigenvalue weighted by molar-refractivity contribution is -0.211. The molecule has 5 heterocycles. The normalized spacial score (nSPS) is 31.4. The molecule has 5 atom stereocenters. The summed E-state index contributed by atoms with van der Waals surface area (Å²) in [5, 5.41) is 1.74. The minimum absolute atomic E-state index is 0.266. The van der Waals surface area contributed by atoms with Crippen molar-refractivity contribution in [1.82, 2.24) is 14.5 Å². The van der Waals surface area contributed by atoms with E-state index in [0.29, 0.717) is 6.61 Å². The van der Waals surface area contributed by atoms with Gasteiger partial charge >= 0.3 is 0 Å². The number of ether oxygens (including phenoxy) is 4. The van der Waals surface area contributed by atoms with Gasteiger partial charge in [-0.05, 0) is 62.9 Å². The first-order chi connectivity index (χ1) is 15.4. The molecular formula is C24H26ClN3O4. The van der Waals surface area contributed by atoms with Crippen LogP contribution in [0.15, 0.2) is 36.8 Å². The molecule has 6 rings (SSSR count). The fourth-order valence-electron chi connectivity index (χ4n) is 5.28. The summed E-state index contributed by atoms with van der Waals surface area (Å²) in [6.07, 6.45) is 3.90. The number of benzene rings is 1. The summed E-state index contributed by atoms with van der Waals surface area (Å²) in [4.78, 5) is 8.84. The molecule has 8 heteroatoms. The van der Waals surface area contributed by atoms with Crippen LogP contribution in [0.1, 0.15) is 49.4 Å². The van der Waals surface area contributed by atoms with Crippen molar-refractivity contribution in [2.24, 2.45) is 0 Å². The maximum Gasteiger partial charge on any atom is 0.164 e. The molecule has 0 saturated carbocycles. The van der Waals surface area contributed by atoms with Gasteiger partial charge in [0.25, 0.3) is 0 Å². The van der Waals surface area contributed by atoms with Gasteiger partial charge in [0, 0.05) is 23.2 Å². The predicted octanol–water partition coefficient (Wildman–Crippen LogP) is 4.51. The molecule has 3 aliphatic rings. The highest BCUT2D eigenvalue weighted by Crippen LogP contribution is 2.48. The second-order valence-electron chi connectivity index (χ2n) is 9.21. The van der Waals surface area contributed by atoms with E-state index >= 15 is 0 Å². The quantitative estimate of drug-likeness (QED) is 0.566. The number of aryl methyl sites for hydroxylation is 2. The van der Waals surface area contributed by atoms with Crippen molar-refractivity contribution in [2.75, 3.05) is 6.61 Å². The Kier molecular flexibility index (Phi) is 4.82. The van der Waals surface area contributed by atoms with E-state index in [1.165, 1.54) is 5.56 Å². The molecule has 0 aliphatic carbocycles. The molecule has 0 amide bonds. The van der Waals surface area contributed by atoms with Crippen LogP contribution in [-0.2, 0) is 25.4 Å². The van der Waals surface area contributed by atoms with Crippen molar-refractivity contribution >= 4 is 22.6 Å². The number of fused-ring (bicyclic) bond motifs is 3. The van der Waals surface area contributed by atoms with Gasteiger partial charge in [-0.1, -0.05) is 17.7 Å². The predicted molar refractivity (Wildman–Crippen MR) is 118 cm³/mol. The first-order valence-corrected chi connectivity index (χ1v) is 11.5. The Bertz CT molecular complexity index is 1180. The van der Waals surface area contributed by atoms with Gasteiger partial charge in [0.15, 0.2) is 12.0 Å². The maximum absolute atomic E-state index is 6.69. The molecule has 3 aromatic rings. The standard InChI is InChI=1S/C24H26ClN3O4/c1-13-16-8-9-28(22(16)27-12-26-13)23-21-20(31-24(2,3)32-21)19(30-23)18-17-7-6-15(25)11-14(17)5-4-10-29-18/h6-9,11-12,18-21,23H,4-5,10H2,1-3H3/t18-,19?,20-,21-,23-/m1/s1. The van der Waals surface area contributed by atoms with Gasteiger partial charge in [0.05, 0.1) is 5.69 Å². The Morgan fingerprint density at radius 1 is 1.09 bits per heavy atom. The minimum atomic E-state index is -0.711. The molecule has 0 spiro atoms. The van der Waals surface area contributed by atoms with Crippen LogP contribution in [0.4, 0.5) is 0 Å². The summed E-state index contributed by atoms with van der Waals surface area (Å²) in [6.45, 7) is 6.53. The summed E-state index contributed by atoms with van der Waals surface area (Å²) < 4.78 is 27.8. The van der Waals surface area contributed by atoms with Gasteiger partial charge in [-0.15, -0.1) is 0 Å². The molecule has 2 fully saturated rings. The van der Waals surface area contributed by atoms with E-state index in [0.717, 1.165) is 40.2 Å². The van der Waals surface area contributed by atoms with Crippen molar-refractivity contribution in [3.63, 3.8) is 0 Å². The Morgan fingerprint density at radius 2 is 1.94 bits per heavy atom. The van der Waals surface area contributed by atoms with Gasteiger partial charge in [-0.2, -0.15) is 0 Å². The van der Waals surface area contributed by atoms with Crippen molar-refractivity contribution in [2.45, 2.75) is 70.0 Å². The van der Waals surface area contributed by atoms with Crippen LogP contribution in [0.25, 0.3) is 11.0 Å². The third kappa shape index (κ3) is 3.26. The Labute approximate surface area is 191 Å². The Morgan fingerprint density at radius 3 is 2.81 bits per heavy atom. The zero-order valence-corrected chi connectivity index (χ0v) is 19.1. The van der Waals surface area contributed by atoms with Crippen LogP contribution < -0.4 is 0 Å². The minimum Gasteiger partial charge on any atom is -0.371 e. The average Bonchev–Trinajstić information content (AvgIpc) is 3.35. The van der Waals surface area contributed by atoms with Crippen molar-refractivity contribution in [3.05, 3.63) is 58.6 Å². The number of halogens is 1. The molecule has 0 bridgehead atoms. The summed E-state index contributed by atoms with van der Waals surface area (Å²) in [5.41, 5.74) is 4.07. The smallest absolute Gasteiger partial charge is 0.164 e. The van der Waals surface area contributed by atoms with E-state index in [9.17, 15) is 0 Å². The van der Waals surface area contributed by atoms with Crippen LogP contribution >= 0.6 is 11.6 Å². The van der Waals surface area contributed by atoms with E-state index in [2.05, 4.69) is 16.0 Å². The zero-order valence-electron chi connectivity index (χ0n) is 18.3. The summed E-state index contributed by atoms with van der Waals surface area (Å²) in [7, 11) is 0. The van der Waals surface area contributed by atoms with Gasteiger partial charge in [0.2, 0.25) is 0 Å². The lowest BCUT2D eigenvalue weighted by Gasteiger charge is -2.29. The summed E-state index contributed by atoms with van der Waals surface area (Å²) in [5.74, 6) is -0.711. The van der Waals surface area contributed by atoms with Crippen LogP contribution in [0.3, 0.4) is 0 Å². The van der Waals surface area contributed by atoms with Gasteiger partial charge in [-0.3, -0.25) is 0 Å². The van der Waals surface area contributed by atoms with E-state index in [1.807, 2.05) is 49.7 Å². The summed E-state index contributed by atoms with van der Waals surface area (Å²) >= 11 is 6.29. The molecule has 1 aromatic carbocycles. The van der Waals surface area contributed by atoms with Crippen LogP contribution in [0.5, 0.6) is 0 Å². The number of hydrogen-bond donors (Lipinski definition) is 0. The average molecular weight is 456 g/mol. The molecular weight excluding hydrogens is 430 g/mol. The van der Waals surface area contributed by atoms with Gasteiger partial charge in [0.1, 0.15) is 36.4 Å². The summed E-state index contributed by atoms with van der Waals surface area (Å²) in [6, 6.07) is 8.04. The lowest BCUT2D eigenvalue weighted by atomic mass is 9.94. The Hall–Kier alpha value is -2.03. The molecule has 0 radical (unpaired) electrons. The topological polar surface area (TPSA) is 67.6 Å². The van der Waals surface area contributed by atoms with E-state index in [-0.39, 0.29) is 30.6 Å². The van der Waals surface area contributed by atoms with E-state index < -0.39 is 5.79 Å². The van der Waals surface area contributed by atoms with Gasteiger partial charge < -0.3 is 23.5 Å². The molecule has 1 unspecified atom stereocenters. The molecule has 2 aromatic heterocycles. The molecule has 7 nitrogen and oxygen atoms in total. The van der Waals surface area contributed by atoms with Crippen LogP contribution in [-0.4, -0.2) is 45.2 Å². The van der Waals surface area contributed by atoms with E-state index in [1.54, 1.807) is 6.33 Å². The van der Waals surface area contributed by atoms with Crippen molar-refractivity contribution in [3.8, 4) is 0 Å². The molecule has 0 N–H and O–H groups in total. The lowest BCUT2D eigenvalue weighted by Crippen LogP contribution is -2.35. The highest BCUT2D eigenvalue weighted by molar-refractivity contribution is 6.30. The highest BCUT2D eigenvalue weighted by Gasteiger charge is 2.58. The molecule has 2 saturated heterocycles. The first-order valence-electron chi connectivity index (χ1n) is 11.1. The van der Waals surface area contributed by atoms with Crippen LogP contribution in [0, 0.1) is 6.92 Å². The fourth-order valence-corrected chi connectivity index (χ4v) is 5.48. The first kappa shape index (κ1) is 20.6. The second-order valence-corrected chi connectivity index (χ2v) is 9.65. The largest absolute Gasteiger partial charge is 0.371 e. The van der Waals surface area contributed by atoms with Gasteiger partial charge in [-0.25, -0.2) is 9.97 Å². The molecule has 3 aliphatic heterocycles. The number of hydrogen-bond acceptors (Lipinski definition) is 6. The van der Waals surface area contributed by atoms with Crippen molar-refractivity contribution in [1.29, 1.82) is 0 Å². The molecule has 168 valence electrons. The van der Waals surface area contributed by atoms with E-state index in [4.69, 9.17) is 30.5 Å². The highest BCUT2D eigenvalue weighted by atomic mass is 35.5. The maximum atomic E-state index is 6.69. The van der Waals surface area contributed by atoms with Crippen LogP contribution in [0.2, 0.25) is 5.02 Å². The SMILES string of the molecule is Cc1ncnc2c1ccn2[C@@H]1OC([C@@H]2OCCCc3cc(Cl)ccc32)[C@H]2OC(C)(C)O[C@H]21. The monoisotopic (exact) mass is 455 g/mol. The number of aromatic nitrogens is 3. The Balaban J connectivity index is 1.42. The third-order valence-electron chi connectivity index (χ3n) is 6.65. The third-order valence-corrected chi connectivity index (χ3v) is 6.88.